The topological polar surface area (TPSA) is 72.8 Å². The Hall–Kier alpha value is -0.610. The number of guanidine groups is 1. The number of hydrogen-bond donors (Lipinski definition) is 3. The molecule has 1 aliphatic carbocycles. The summed E-state index contributed by atoms with van der Waals surface area (Å²) < 4.78 is 0. The van der Waals surface area contributed by atoms with Gasteiger partial charge < -0.3 is 20.6 Å². The van der Waals surface area contributed by atoms with Crippen molar-refractivity contribution in [3.8, 4) is 0 Å². The Labute approximate surface area is 172 Å². The molecule has 8 heteroatoms. The monoisotopic (exact) mass is 481 g/mol. The molecule has 0 bridgehead atoms. The SMILES string of the molecule is CCNC(=NCc1csc(N(C)C)n1)NCC1(C)CCCCC1O.I. The molecular formula is C17H32IN5OS. The van der Waals surface area contributed by atoms with Crippen molar-refractivity contribution in [2.75, 3.05) is 32.1 Å². The molecule has 0 radical (unpaired) electrons. The van der Waals surface area contributed by atoms with E-state index < -0.39 is 0 Å². The Kier molecular flexibility index (Phi) is 9.44. The van der Waals surface area contributed by atoms with Crippen LogP contribution < -0.4 is 15.5 Å². The lowest BCUT2D eigenvalue weighted by molar-refractivity contribution is 0.00397. The van der Waals surface area contributed by atoms with Gasteiger partial charge >= 0.3 is 0 Å². The van der Waals surface area contributed by atoms with Crippen LogP contribution in [0.1, 0.15) is 45.2 Å². The first-order valence-corrected chi connectivity index (χ1v) is 9.64. The second-order valence-corrected chi connectivity index (χ2v) is 7.82. The molecule has 25 heavy (non-hydrogen) atoms. The van der Waals surface area contributed by atoms with E-state index in [2.05, 4.69) is 39.8 Å². The number of hydrogen-bond acceptors (Lipinski definition) is 5. The highest BCUT2D eigenvalue weighted by atomic mass is 127. The van der Waals surface area contributed by atoms with E-state index in [1.807, 2.05) is 19.0 Å². The molecule has 6 nitrogen and oxygen atoms in total. The summed E-state index contributed by atoms with van der Waals surface area (Å²) in [4.78, 5) is 11.2. The van der Waals surface area contributed by atoms with E-state index >= 15 is 0 Å². The zero-order valence-corrected chi connectivity index (χ0v) is 18.9. The highest BCUT2D eigenvalue weighted by molar-refractivity contribution is 14.0. The van der Waals surface area contributed by atoms with Gasteiger partial charge in [-0.2, -0.15) is 0 Å². The summed E-state index contributed by atoms with van der Waals surface area (Å²) in [7, 11) is 3.99. The number of nitrogens with one attached hydrogen (secondary N) is 2. The Morgan fingerprint density at radius 3 is 2.80 bits per heavy atom. The van der Waals surface area contributed by atoms with E-state index in [9.17, 15) is 5.11 Å². The number of halogens is 1. The molecule has 2 unspecified atom stereocenters. The number of aliphatic hydroxyl groups excluding tert-OH is 1. The molecule has 1 aliphatic rings. The van der Waals surface area contributed by atoms with Gasteiger partial charge in [-0.1, -0.05) is 19.8 Å². The Morgan fingerprint density at radius 2 is 2.20 bits per heavy atom. The molecule has 1 aromatic rings. The summed E-state index contributed by atoms with van der Waals surface area (Å²) in [5, 5.41) is 20.0. The van der Waals surface area contributed by atoms with Crippen LogP contribution in [0.25, 0.3) is 0 Å². The van der Waals surface area contributed by atoms with Crippen molar-refractivity contribution in [3.05, 3.63) is 11.1 Å². The van der Waals surface area contributed by atoms with Gasteiger partial charge in [0, 0.05) is 38.0 Å². The molecule has 2 atom stereocenters. The van der Waals surface area contributed by atoms with Gasteiger partial charge in [-0.3, -0.25) is 0 Å². The van der Waals surface area contributed by atoms with E-state index in [4.69, 9.17) is 0 Å². The van der Waals surface area contributed by atoms with Crippen LogP contribution in [0.15, 0.2) is 10.4 Å². The summed E-state index contributed by atoms with van der Waals surface area (Å²) >= 11 is 1.63. The normalized spacial score (nSPS) is 23.7. The Morgan fingerprint density at radius 1 is 1.44 bits per heavy atom. The molecule has 0 aliphatic heterocycles. The second-order valence-electron chi connectivity index (χ2n) is 6.98. The van der Waals surface area contributed by atoms with Crippen molar-refractivity contribution in [1.29, 1.82) is 0 Å². The first kappa shape index (κ1) is 22.4. The number of anilines is 1. The zero-order chi connectivity index (χ0) is 17.6. The van der Waals surface area contributed by atoms with E-state index in [0.717, 1.165) is 49.1 Å². The largest absolute Gasteiger partial charge is 0.392 e. The quantitative estimate of drug-likeness (QED) is 0.331. The fourth-order valence-electron chi connectivity index (χ4n) is 2.95. The van der Waals surface area contributed by atoms with Crippen LogP contribution in [0.5, 0.6) is 0 Å². The van der Waals surface area contributed by atoms with Gasteiger partial charge in [0.15, 0.2) is 11.1 Å². The van der Waals surface area contributed by atoms with Crippen molar-refractivity contribution in [1.82, 2.24) is 15.6 Å². The molecule has 0 spiro atoms. The van der Waals surface area contributed by atoms with E-state index in [0.29, 0.717) is 6.54 Å². The van der Waals surface area contributed by atoms with Gasteiger partial charge in [0.25, 0.3) is 0 Å². The molecule has 0 amide bonds. The number of nitrogens with zero attached hydrogens (tertiary/aromatic N) is 3. The van der Waals surface area contributed by atoms with Crippen LogP contribution in [0, 0.1) is 5.41 Å². The van der Waals surface area contributed by atoms with Crippen molar-refractivity contribution in [2.24, 2.45) is 10.4 Å². The third kappa shape index (κ3) is 6.56. The number of aromatic nitrogens is 1. The van der Waals surface area contributed by atoms with Gasteiger partial charge in [0.2, 0.25) is 0 Å². The Bertz CT molecular complexity index is 551. The fourth-order valence-corrected chi connectivity index (χ4v) is 3.70. The van der Waals surface area contributed by atoms with Crippen LogP contribution in [0.2, 0.25) is 0 Å². The van der Waals surface area contributed by atoms with E-state index in [1.165, 1.54) is 6.42 Å². The van der Waals surface area contributed by atoms with Crippen molar-refractivity contribution in [2.45, 2.75) is 52.2 Å². The molecular weight excluding hydrogens is 449 g/mol. The van der Waals surface area contributed by atoms with Gasteiger partial charge in [-0.15, -0.1) is 35.3 Å². The van der Waals surface area contributed by atoms with Gasteiger partial charge in [0.05, 0.1) is 18.3 Å². The molecule has 1 fully saturated rings. The summed E-state index contributed by atoms with van der Waals surface area (Å²) in [6.07, 6.45) is 4.04. The van der Waals surface area contributed by atoms with Crippen molar-refractivity contribution in [3.63, 3.8) is 0 Å². The van der Waals surface area contributed by atoms with Crippen LogP contribution in [-0.2, 0) is 6.54 Å². The van der Waals surface area contributed by atoms with E-state index in [1.54, 1.807) is 11.3 Å². The van der Waals surface area contributed by atoms with Crippen LogP contribution >= 0.6 is 35.3 Å². The minimum atomic E-state index is -0.234. The number of aliphatic imine (C=N–C) groups is 1. The molecule has 1 aromatic heterocycles. The molecule has 0 aromatic carbocycles. The maximum atomic E-state index is 10.3. The van der Waals surface area contributed by atoms with Gasteiger partial charge in [-0.05, 0) is 19.8 Å². The average Bonchev–Trinajstić information content (AvgIpc) is 3.02. The standard InChI is InChI=1S/C17H31N5OS.HI/c1-5-18-15(19-10-13-11-24-16(21-13)22(3)4)20-12-17(2)9-7-6-8-14(17)23;/h11,14,23H,5-10,12H2,1-4H3,(H2,18,19,20);1H. The fraction of sp³-hybridized carbons (Fsp3) is 0.765. The lowest BCUT2D eigenvalue weighted by Gasteiger charge is -2.38. The second kappa shape index (κ2) is 10.5. The lowest BCUT2D eigenvalue weighted by atomic mass is 9.73. The third-order valence-corrected chi connectivity index (χ3v) is 5.66. The number of rotatable bonds is 6. The van der Waals surface area contributed by atoms with Gasteiger partial charge in [-0.25, -0.2) is 9.98 Å². The minimum Gasteiger partial charge on any atom is -0.392 e. The Balaban J connectivity index is 0.00000312. The predicted molar refractivity (Wildman–Crippen MR) is 117 cm³/mol. The molecule has 2 rings (SSSR count). The number of thiazole rings is 1. The maximum absolute atomic E-state index is 10.3. The molecule has 3 N–H and O–H groups in total. The molecule has 1 saturated carbocycles. The van der Waals surface area contributed by atoms with Crippen molar-refractivity contribution < 1.29 is 5.11 Å². The first-order valence-electron chi connectivity index (χ1n) is 8.76. The molecule has 144 valence electrons. The summed E-state index contributed by atoms with van der Waals surface area (Å²) in [5.41, 5.74) is 0.900. The number of aliphatic hydroxyl groups is 1. The maximum Gasteiger partial charge on any atom is 0.191 e. The van der Waals surface area contributed by atoms with Crippen LogP contribution in [-0.4, -0.2) is 49.3 Å². The average molecular weight is 481 g/mol. The zero-order valence-electron chi connectivity index (χ0n) is 15.7. The molecule has 0 saturated heterocycles. The smallest absolute Gasteiger partial charge is 0.191 e. The van der Waals surface area contributed by atoms with Crippen LogP contribution in [0.4, 0.5) is 5.13 Å². The summed E-state index contributed by atoms with van der Waals surface area (Å²) in [6, 6.07) is 0. The summed E-state index contributed by atoms with van der Waals surface area (Å²) in [5.74, 6) is 0.788. The lowest BCUT2D eigenvalue weighted by Crippen LogP contribution is -2.48. The summed E-state index contributed by atoms with van der Waals surface area (Å²) in [6.45, 7) is 6.32. The predicted octanol–water partition coefficient (Wildman–Crippen LogP) is 2.82. The van der Waals surface area contributed by atoms with Gasteiger partial charge in [0.1, 0.15) is 0 Å². The van der Waals surface area contributed by atoms with E-state index in [-0.39, 0.29) is 35.5 Å². The molecule has 1 heterocycles. The highest BCUT2D eigenvalue weighted by Crippen LogP contribution is 2.35. The minimum absolute atomic E-state index is 0. The first-order chi connectivity index (χ1) is 11.4. The van der Waals surface area contributed by atoms with Crippen LogP contribution in [0.3, 0.4) is 0 Å². The van der Waals surface area contributed by atoms with Crippen molar-refractivity contribution >= 4 is 46.4 Å². The highest BCUT2D eigenvalue weighted by Gasteiger charge is 2.35. The third-order valence-electron chi connectivity index (χ3n) is 4.61.